The summed E-state index contributed by atoms with van der Waals surface area (Å²) in [6, 6.07) is 13.1. The molecule has 52 heavy (non-hydrogen) atoms. The van der Waals surface area contributed by atoms with Crippen LogP contribution in [0, 0.1) is 11.6 Å². The van der Waals surface area contributed by atoms with E-state index in [-0.39, 0.29) is 29.3 Å². The molecule has 0 saturated heterocycles. The molecule has 6 aromatic rings. The van der Waals surface area contributed by atoms with E-state index in [1.807, 2.05) is 36.7 Å². The van der Waals surface area contributed by atoms with Crippen LogP contribution in [0.5, 0.6) is 5.75 Å². The van der Waals surface area contributed by atoms with Crippen molar-refractivity contribution in [1.29, 1.82) is 0 Å². The first-order chi connectivity index (χ1) is 25.0. The Labute approximate surface area is 309 Å². The molecule has 3 aromatic heterocycles. The number of halogens is 6. The van der Waals surface area contributed by atoms with Crippen molar-refractivity contribution in [1.82, 2.24) is 24.3 Å². The van der Waals surface area contributed by atoms with Gasteiger partial charge in [-0.3, -0.25) is 9.36 Å². The molecule has 14 heteroatoms. The van der Waals surface area contributed by atoms with Crippen molar-refractivity contribution < 1.29 is 31.5 Å². The van der Waals surface area contributed by atoms with Gasteiger partial charge in [0.25, 0.3) is 5.91 Å². The van der Waals surface area contributed by atoms with Crippen LogP contribution in [0.15, 0.2) is 67.1 Å². The summed E-state index contributed by atoms with van der Waals surface area (Å²) in [6.07, 6.45) is 0.285. The number of hydrogen-bond donors (Lipinski definition) is 0. The third-order valence-corrected chi connectivity index (χ3v) is 10.3. The number of carbonyl (C=O) groups excluding carboxylic acids is 1. The summed E-state index contributed by atoms with van der Waals surface area (Å²) in [5.74, 6) is -1.70. The molecule has 0 saturated carbocycles. The maximum atomic E-state index is 16.4. The number of ether oxygens (including phenoxy) is 1. The molecule has 0 bridgehead atoms. The summed E-state index contributed by atoms with van der Waals surface area (Å²) in [5, 5.41) is 5.63. The molecule has 7 rings (SSSR count). The highest BCUT2D eigenvalue weighted by Crippen LogP contribution is 2.43. The van der Waals surface area contributed by atoms with E-state index in [2.05, 4.69) is 32.6 Å². The van der Waals surface area contributed by atoms with Crippen molar-refractivity contribution in [3.05, 3.63) is 118 Å². The average molecular weight is 827 g/mol. The van der Waals surface area contributed by atoms with Gasteiger partial charge in [-0.15, -0.1) is 0 Å². The lowest BCUT2D eigenvalue weighted by molar-refractivity contribution is -0.138. The first kappa shape index (κ1) is 35.5. The topological polar surface area (TPSA) is 78.1 Å². The van der Waals surface area contributed by atoms with Crippen molar-refractivity contribution in [2.45, 2.75) is 50.3 Å². The summed E-state index contributed by atoms with van der Waals surface area (Å²) in [4.78, 5) is 24.0. The van der Waals surface area contributed by atoms with Gasteiger partial charge in [0.05, 0.1) is 29.7 Å². The molecule has 4 heterocycles. The van der Waals surface area contributed by atoms with Gasteiger partial charge in [0.15, 0.2) is 11.6 Å². The van der Waals surface area contributed by atoms with E-state index >= 15 is 4.39 Å². The zero-order chi connectivity index (χ0) is 36.9. The lowest BCUT2D eigenvalue weighted by Gasteiger charge is -2.27. The Kier molecular flexibility index (Phi) is 9.52. The molecule has 0 fully saturated rings. The lowest BCUT2D eigenvalue weighted by Crippen LogP contribution is -2.31. The van der Waals surface area contributed by atoms with Gasteiger partial charge in [-0.25, -0.2) is 23.4 Å². The van der Waals surface area contributed by atoms with E-state index in [0.717, 1.165) is 40.5 Å². The van der Waals surface area contributed by atoms with E-state index in [0.29, 0.717) is 52.4 Å². The molecule has 0 aliphatic carbocycles. The van der Waals surface area contributed by atoms with Gasteiger partial charge in [-0.2, -0.15) is 18.3 Å². The second kappa shape index (κ2) is 13.9. The Morgan fingerprint density at radius 3 is 2.33 bits per heavy atom. The fourth-order valence-electron chi connectivity index (χ4n) is 6.94. The molecule has 0 amide bonds. The number of rotatable bonds is 8. The Bertz CT molecular complexity index is 2310. The van der Waals surface area contributed by atoms with Gasteiger partial charge in [0.2, 0.25) is 5.95 Å². The first-order valence-electron chi connectivity index (χ1n) is 16.6. The van der Waals surface area contributed by atoms with Crippen LogP contribution in [0.3, 0.4) is 0 Å². The van der Waals surface area contributed by atoms with Crippen molar-refractivity contribution in [2.75, 3.05) is 18.6 Å². The number of anilines is 1. The molecule has 1 aliphatic heterocycles. The highest BCUT2D eigenvalue weighted by molar-refractivity contribution is 14.1. The summed E-state index contributed by atoms with van der Waals surface area (Å²) in [7, 11) is 1.33. The summed E-state index contributed by atoms with van der Waals surface area (Å²) in [6.45, 7) is 4.65. The van der Waals surface area contributed by atoms with Gasteiger partial charge in [-0.05, 0) is 59.9 Å². The largest absolute Gasteiger partial charge is 0.492 e. The number of aromatic nitrogens is 5. The number of benzene rings is 3. The van der Waals surface area contributed by atoms with E-state index in [1.165, 1.54) is 35.9 Å². The lowest BCUT2D eigenvalue weighted by atomic mass is 9.97. The van der Waals surface area contributed by atoms with Crippen molar-refractivity contribution >= 4 is 45.3 Å². The molecule has 0 N–H and O–H groups in total. The van der Waals surface area contributed by atoms with Crippen LogP contribution in [0.25, 0.3) is 27.8 Å². The van der Waals surface area contributed by atoms with Crippen molar-refractivity contribution in [2.24, 2.45) is 0 Å². The highest BCUT2D eigenvalue weighted by atomic mass is 127. The van der Waals surface area contributed by atoms with Crippen molar-refractivity contribution in [3.8, 4) is 22.7 Å². The molecule has 268 valence electrons. The molecule has 8 nitrogen and oxygen atoms in total. The SMILES string of the molecule is CCc1cccc(CC)c1-n1nc2c(c1-c1cc(F)c(OC)c3c1ccn3C(=O)c1ccc(F)cc1CI)CN(c1ncc(C(F)(F)F)cn1)CC2. The number of methoxy groups -OCH3 is 1. The van der Waals surface area contributed by atoms with Crippen LogP contribution >= 0.6 is 22.6 Å². The third-order valence-electron chi connectivity index (χ3n) is 9.46. The number of hydrogen-bond acceptors (Lipinski definition) is 6. The van der Waals surface area contributed by atoms with Gasteiger partial charge < -0.3 is 9.64 Å². The quantitative estimate of drug-likeness (QED) is 0.0868. The fourth-order valence-corrected chi connectivity index (χ4v) is 7.57. The number of alkyl halides is 4. The van der Waals surface area contributed by atoms with Gasteiger partial charge in [0.1, 0.15) is 11.3 Å². The zero-order valence-corrected chi connectivity index (χ0v) is 30.5. The second-order valence-electron chi connectivity index (χ2n) is 12.4. The summed E-state index contributed by atoms with van der Waals surface area (Å²) >= 11 is 2.06. The Morgan fingerprint density at radius 1 is 0.981 bits per heavy atom. The molecule has 1 aliphatic rings. The number of para-hydroxylation sites is 1. The standard InChI is InChI=1S/C38H32F5IN6O2/c1-4-21-7-6-8-22(5-2)32(21)50-33(29-20-48(13-12-31(29)47-50)37-45-18-24(19-46-37)38(41,42)43)28-16-30(40)35(52-3)34-27(28)11-14-49(34)36(51)26-10-9-25(39)15-23(26)17-44/h6-11,14-16,18-19H,4-5,12-13,17,20H2,1-3H3. The van der Waals surface area contributed by atoms with E-state index in [9.17, 15) is 22.4 Å². The van der Waals surface area contributed by atoms with Gasteiger partial charge >= 0.3 is 6.18 Å². The van der Waals surface area contributed by atoms with Crippen LogP contribution in [-0.2, 0) is 36.4 Å². The number of carbonyl (C=O) groups is 1. The summed E-state index contributed by atoms with van der Waals surface area (Å²) in [5.41, 5.74) is 5.34. The monoisotopic (exact) mass is 826 g/mol. The number of nitrogens with zero attached hydrogens (tertiary/aromatic N) is 6. The molecule has 3 aromatic carbocycles. The van der Waals surface area contributed by atoms with E-state index in [1.54, 1.807) is 17.2 Å². The highest BCUT2D eigenvalue weighted by Gasteiger charge is 2.34. The molecular weight excluding hydrogens is 794 g/mol. The molecule has 0 radical (unpaired) electrons. The fraction of sp³-hybridized carbons (Fsp3) is 0.263. The number of fused-ring (bicyclic) bond motifs is 2. The van der Waals surface area contributed by atoms with E-state index in [4.69, 9.17) is 9.84 Å². The Balaban J connectivity index is 1.47. The van der Waals surface area contributed by atoms with Crippen LogP contribution < -0.4 is 9.64 Å². The molecular formula is C38H32F5IN6O2. The van der Waals surface area contributed by atoms with Crippen molar-refractivity contribution in [3.63, 3.8) is 0 Å². The Hall–Kier alpha value is -4.86. The van der Waals surface area contributed by atoms with Crippen LogP contribution in [0.1, 0.15) is 57.7 Å². The van der Waals surface area contributed by atoms with Gasteiger partial charge in [-0.1, -0.05) is 54.6 Å². The normalized spacial score (nSPS) is 13.1. The summed E-state index contributed by atoms with van der Waals surface area (Å²) < 4.78 is 79.6. The molecule has 0 spiro atoms. The smallest absolute Gasteiger partial charge is 0.419 e. The van der Waals surface area contributed by atoms with Crippen LogP contribution in [0.4, 0.5) is 27.9 Å². The predicted molar refractivity (Wildman–Crippen MR) is 195 cm³/mol. The maximum Gasteiger partial charge on any atom is 0.419 e. The first-order valence-corrected chi connectivity index (χ1v) is 18.1. The predicted octanol–water partition coefficient (Wildman–Crippen LogP) is 8.90. The van der Waals surface area contributed by atoms with Gasteiger partial charge in [0, 0.05) is 64.6 Å². The van der Waals surface area contributed by atoms with Crippen LogP contribution in [0.2, 0.25) is 0 Å². The molecule has 0 atom stereocenters. The third kappa shape index (κ3) is 6.09. The maximum absolute atomic E-state index is 16.4. The van der Waals surface area contributed by atoms with Crippen LogP contribution in [-0.4, -0.2) is 43.9 Å². The second-order valence-corrected chi connectivity index (χ2v) is 13.1. The molecule has 0 unspecified atom stereocenters. The average Bonchev–Trinajstić information content (AvgIpc) is 3.75. The number of aryl methyl sites for hydroxylation is 2. The minimum Gasteiger partial charge on any atom is -0.492 e. The van der Waals surface area contributed by atoms with E-state index < -0.39 is 29.3 Å². The zero-order valence-electron chi connectivity index (χ0n) is 28.4. The minimum atomic E-state index is -4.58. The minimum absolute atomic E-state index is 0.119. The Morgan fingerprint density at radius 2 is 1.69 bits per heavy atom.